The molecule has 166 valence electrons. The van der Waals surface area contributed by atoms with E-state index in [0.29, 0.717) is 28.5 Å². The molecular formula is C21H13F6N3OS. The molecule has 0 saturated heterocycles. The van der Waals surface area contributed by atoms with Gasteiger partial charge < -0.3 is 5.32 Å². The normalized spacial score (nSPS) is 12.3. The number of fused-ring (bicyclic) bond motifs is 1. The fourth-order valence-electron chi connectivity index (χ4n) is 3.12. The Morgan fingerprint density at radius 3 is 2.09 bits per heavy atom. The van der Waals surface area contributed by atoms with E-state index in [4.69, 9.17) is 0 Å². The molecule has 0 unspecified atom stereocenters. The number of hydrogen-bond acceptors (Lipinski definition) is 3. The summed E-state index contributed by atoms with van der Waals surface area (Å²) in [6.07, 6.45) is -8.30. The van der Waals surface area contributed by atoms with Crippen LogP contribution >= 0.6 is 11.3 Å². The molecule has 0 spiro atoms. The van der Waals surface area contributed by atoms with Crippen molar-refractivity contribution in [3.8, 4) is 11.3 Å². The van der Waals surface area contributed by atoms with E-state index in [1.54, 1.807) is 17.5 Å². The minimum absolute atomic E-state index is 0.00519. The van der Waals surface area contributed by atoms with E-state index in [0.717, 1.165) is 16.9 Å². The average Bonchev–Trinajstić information content (AvgIpc) is 3.27. The summed E-state index contributed by atoms with van der Waals surface area (Å²) >= 11 is 0.982. The van der Waals surface area contributed by atoms with Gasteiger partial charge in [0, 0.05) is 23.1 Å². The number of carbonyl (C=O) groups excluding carboxylic acids is 1. The number of benzene rings is 2. The zero-order valence-corrected chi connectivity index (χ0v) is 17.0. The molecule has 1 N–H and O–H groups in total. The highest BCUT2D eigenvalue weighted by atomic mass is 32.1. The molecule has 32 heavy (non-hydrogen) atoms. The van der Waals surface area contributed by atoms with Gasteiger partial charge in [-0.3, -0.25) is 9.20 Å². The van der Waals surface area contributed by atoms with Crippen LogP contribution in [0.4, 0.5) is 32.0 Å². The average molecular weight is 469 g/mol. The standard InChI is InChI=1S/C21H13F6N3OS/c1-11-17(32-19-29-16(10-30(11)19)12-5-3-2-4-6-12)18(31)28-15-8-13(20(22,23)24)7-14(9-15)21(25,26)27/h2-10H,1H3,(H,28,31). The molecule has 0 radical (unpaired) electrons. The number of rotatable bonds is 3. The number of nitrogens with zero attached hydrogens (tertiary/aromatic N) is 2. The number of imidazole rings is 1. The third-order valence-electron chi connectivity index (χ3n) is 4.68. The van der Waals surface area contributed by atoms with Gasteiger partial charge in [0.25, 0.3) is 5.91 Å². The summed E-state index contributed by atoms with van der Waals surface area (Å²) in [7, 11) is 0. The van der Waals surface area contributed by atoms with Gasteiger partial charge in [0.1, 0.15) is 4.88 Å². The van der Waals surface area contributed by atoms with Crippen LogP contribution in [0.1, 0.15) is 26.5 Å². The van der Waals surface area contributed by atoms with Crippen LogP contribution in [0.5, 0.6) is 0 Å². The van der Waals surface area contributed by atoms with Crippen molar-refractivity contribution < 1.29 is 31.1 Å². The van der Waals surface area contributed by atoms with Gasteiger partial charge in [-0.2, -0.15) is 26.3 Å². The highest BCUT2D eigenvalue weighted by Gasteiger charge is 2.37. The van der Waals surface area contributed by atoms with Crippen molar-refractivity contribution in [1.82, 2.24) is 9.38 Å². The summed E-state index contributed by atoms with van der Waals surface area (Å²) in [6.45, 7) is 1.61. The van der Waals surface area contributed by atoms with Crippen LogP contribution < -0.4 is 5.32 Å². The molecule has 0 bridgehead atoms. The summed E-state index contributed by atoms with van der Waals surface area (Å²) < 4.78 is 79.9. The number of halogens is 6. The second kappa shape index (κ2) is 7.66. The fourth-order valence-corrected chi connectivity index (χ4v) is 4.13. The van der Waals surface area contributed by atoms with E-state index in [1.807, 2.05) is 30.3 Å². The molecule has 0 saturated carbocycles. The molecule has 0 aliphatic carbocycles. The van der Waals surface area contributed by atoms with Gasteiger partial charge in [0.05, 0.1) is 16.8 Å². The maximum absolute atomic E-state index is 13.0. The lowest BCUT2D eigenvalue weighted by Crippen LogP contribution is -2.16. The number of thiazole rings is 1. The summed E-state index contributed by atoms with van der Waals surface area (Å²) in [6, 6.07) is 10.2. The van der Waals surface area contributed by atoms with E-state index in [9.17, 15) is 31.1 Å². The van der Waals surface area contributed by atoms with Crippen molar-refractivity contribution in [2.24, 2.45) is 0 Å². The zero-order chi connectivity index (χ0) is 23.3. The SMILES string of the molecule is Cc1c(C(=O)Nc2cc(C(F)(F)F)cc(C(F)(F)F)c2)sc2nc(-c3ccccc3)cn12. The third kappa shape index (κ3) is 4.20. The minimum atomic E-state index is -5.01. The quantitative estimate of drug-likeness (QED) is 0.341. The van der Waals surface area contributed by atoms with E-state index in [2.05, 4.69) is 10.3 Å². The Hall–Kier alpha value is -3.34. The first kappa shape index (κ1) is 21.9. The smallest absolute Gasteiger partial charge is 0.321 e. The summed E-state index contributed by atoms with van der Waals surface area (Å²) in [5.74, 6) is -0.827. The number of aryl methyl sites for hydroxylation is 1. The maximum atomic E-state index is 13.0. The number of hydrogen-bond donors (Lipinski definition) is 1. The topological polar surface area (TPSA) is 46.4 Å². The molecule has 2 aromatic carbocycles. The van der Waals surface area contributed by atoms with Crippen LogP contribution in [-0.2, 0) is 12.4 Å². The molecule has 0 fully saturated rings. The van der Waals surface area contributed by atoms with Crippen molar-refractivity contribution in [2.45, 2.75) is 19.3 Å². The number of alkyl halides is 6. The lowest BCUT2D eigenvalue weighted by molar-refractivity contribution is -0.143. The molecule has 4 nitrogen and oxygen atoms in total. The molecule has 11 heteroatoms. The van der Waals surface area contributed by atoms with E-state index in [-0.39, 0.29) is 10.9 Å². The predicted octanol–water partition coefficient (Wildman–Crippen LogP) is 6.66. The van der Waals surface area contributed by atoms with Gasteiger partial charge in [-0.05, 0) is 25.1 Å². The molecule has 0 aliphatic rings. The summed E-state index contributed by atoms with van der Waals surface area (Å²) in [5, 5.41) is 2.15. The lowest BCUT2D eigenvalue weighted by Gasteiger charge is -2.14. The van der Waals surface area contributed by atoms with Gasteiger partial charge in [0.15, 0.2) is 4.96 Å². The highest BCUT2D eigenvalue weighted by Crippen LogP contribution is 2.38. The molecule has 0 aliphatic heterocycles. The van der Waals surface area contributed by atoms with Crippen molar-refractivity contribution in [1.29, 1.82) is 0 Å². The first-order valence-corrected chi connectivity index (χ1v) is 9.90. The van der Waals surface area contributed by atoms with Crippen molar-refractivity contribution in [3.05, 3.63) is 76.4 Å². The highest BCUT2D eigenvalue weighted by molar-refractivity contribution is 7.19. The van der Waals surface area contributed by atoms with E-state index < -0.39 is 35.1 Å². The van der Waals surface area contributed by atoms with Crippen LogP contribution in [0.2, 0.25) is 0 Å². The third-order valence-corrected chi connectivity index (χ3v) is 5.83. The molecule has 2 aromatic heterocycles. The van der Waals surface area contributed by atoms with Crippen LogP contribution in [0.3, 0.4) is 0 Å². The lowest BCUT2D eigenvalue weighted by atomic mass is 10.1. The Morgan fingerprint density at radius 1 is 0.969 bits per heavy atom. The number of aromatic nitrogens is 2. The number of carbonyl (C=O) groups is 1. The zero-order valence-electron chi connectivity index (χ0n) is 16.2. The predicted molar refractivity (Wildman–Crippen MR) is 108 cm³/mol. The first-order valence-electron chi connectivity index (χ1n) is 9.08. The van der Waals surface area contributed by atoms with Crippen LogP contribution in [0.15, 0.2) is 54.7 Å². The molecular weight excluding hydrogens is 456 g/mol. The van der Waals surface area contributed by atoms with Gasteiger partial charge in [0.2, 0.25) is 0 Å². The van der Waals surface area contributed by atoms with Crippen LogP contribution in [0, 0.1) is 6.92 Å². The fraction of sp³-hybridized carbons (Fsp3) is 0.143. The Bertz CT molecular complexity index is 1270. The Labute approximate surface area is 181 Å². The Morgan fingerprint density at radius 2 is 1.56 bits per heavy atom. The monoisotopic (exact) mass is 469 g/mol. The van der Waals surface area contributed by atoms with Gasteiger partial charge in [-0.1, -0.05) is 41.7 Å². The van der Waals surface area contributed by atoms with Gasteiger partial charge in [-0.15, -0.1) is 0 Å². The number of amides is 1. The summed E-state index contributed by atoms with van der Waals surface area (Å²) in [4.78, 5) is 17.7. The van der Waals surface area contributed by atoms with Crippen molar-refractivity contribution in [2.75, 3.05) is 5.32 Å². The summed E-state index contributed by atoms with van der Waals surface area (Å²) in [5.41, 5.74) is -1.63. The molecule has 4 rings (SSSR count). The van der Waals surface area contributed by atoms with Crippen LogP contribution in [-0.4, -0.2) is 15.3 Å². The molecule has 4 aromatic rings. The molecule has 1 amide bonds. The largest absolute Gasteiger partial charge is 0.416 e. The first-order chi connectivity index (χ1) is 14.9. The second-order valence-electron chi connectivity index (χ2n) is 6.91. The van der Waals surface area contributed by atoms with Crippen molar-refractivity contribution >= 4 is 27.9 Å². The van der Waals surface area contributed by atoms with Crippen LogP contribution in [0.25, 0.3) is 16.2 Å². The Balaban J connectivity index is 1.67. The van der Waals surface area contributed by atoms with Gasteiger partial charge >= 0.3 is 12.4 Å². The van der Waals surface area contributed by atoms with Crippen molar-refractivity contribution in [3.63, 3.8) is 0 Å². The number of nitrogens with one attached hydrogen (secondary N) is 1. The number of anilines is 1. The molecule has 0 atom stereocenters. The second-order valence-corrected chi connectivity index (χ2v) is 7.89. The van der Waals surface area contributed by atoms with Gasteiger partial charge in [-0.25, -0.2) is 4.98 Å². The minimum Gasteiger partial charge on any atom is -0.321 e. The maximum Gasteiger partial charge on any atom is 0.416 e. The molecule has 2 heterocycles. The Kier molecular flexibility index (Phi) is 5.24. The van der Waals surface area contributed by atoms with E-state index in [1.165, 1.54) is 0 Å². The van der Waals surface area contributed by atoms with E-state index >= 15 is 0 Å².